The first-order valence-electron chi connectivity index (χ1n) is 6.59. The molecule has 0 saturated heterocycles. The summed E-state index contributed by atoms with van der Waals surface area (Å²) in [6.07, 6.45) is 9.19. The molecular formula is C13H25NO2. The summed E-state index contributed by atoms with van der Waals surface area (Å²) in [6.45, 7) is 1.02. The second-order valence-corrected chi connectivity index (χ2v) is 5.34. The van der Waals surface area contributed by atoms with Gasteiger partial charge in [0, 0.05) is 26.8 Å². The zero-order chi connectivity index (χ0) is 11.4. The van der Waals surface area contributed by atoms with Crippen molar-refractivity contribution in [2.45, 2.75) is 62.7 Å². The molecule has 0 bridgehead atoms. The quantitative estimate of drug-likeness (QED) is 0.780. The maximum absolute atomic E-state index is 5.62. The van der Waals surface area contributed by atoms with Crippen LogP contribution in [0.3, 0.4) is 0 Å². The first-order chi connectivity index (χ1) is 7.78. The van der Waals surface area contributed by atoms with E-state index in [-0.39, 0.29) is 5.60 Å². The van der Waals surface area contributed by atoms with Crippen LogP contribution in [0.5, 0.6) is 0 Å². The summed E-state index contributed by atoms with van der Waals surface area (Å²) in [4.78, 5) is 0. The number of rotatable bonds is 5. The highest BCUT2D eigenvalue weighted by Crippen LogP contribution is 2.34. The van der Waals surface area contributed by atoms with Gasteiger partial charge in [-0.1, -0.05) is 0 Å². The van der Waals surface area contributed by atoms with Gasteiger partial charge in [-0.3, -0.25) is 0 Å². The van der Waals surface area contributed by atoms with E-state index in [1.165, 1.54) is 38.5 Å². The molecule has 16 heavy (non-hydrogen) atoms. The zero-order valence-electron chi connectivity index (χ0n) is 10.6. The molecule has 0 spiro atoms. The lowest BCUT2D eigenvalue weighted by Gasteiger charge is -2.42. The van der Waals surface area contributed by atoms with Gasteiger partial charge in [-0.05, 0) is 44.9 Å². The van der Waals surface area contributed by atoms with Crippen molar-refractivity contribution in [1.82, 2.24) is 5.32 Å². The molecule has 0 heterocycles. The van der Waals surface area contributed by atoms with Crippen LogP contribution in [0.2, 0.25) is 0 Å². The highest BCUT2D eigenvalue weighted by atomic mass is 16.5. The summed E-state index contributed by atoms with van der Waals surface area (Å²) < 4.78 is 11.1. The van der Waals surface area contributed by atoms with Gasteiger partial charge in [-0.25, -0.2) is 0 Å². The largest absolute Gasteiger partial charge is 0.381 e. The van der Waals surface area contributed by atoms with Crippen molar-refractivity contribution in [3.8, 4) is 0 Å². The van der Waals surface area contributed by atoms with E-state index >= 15 is 0 Å². The molecule has 0 aromatic carbocycles. The maximum Gasteiger partial charge on any atom is 0.0802 e. The minimum atomic E-state index is 0.153. The van der Waals surface area contributed by atoms with E-state index < -0.39 is 0 Å². The summed E-state index contributed by atoms with van der Waals surface area (Å²) in [5.74, 6) is 0. The predicted molar refractivity (Wildman–Crippen MR) is 64.6 cm³/mol. The van der Waals surface area contributed by atoms with Gasteiger partial charge in [0.05, 0.1) is 11.7 Å². The molecule has 0 radical (unpaired) electrons. The first kappa shape index (κ1) is 12.3. The Morgan fingerprint density at radius 3 is 2.56 bits per heavy atom. The van der Waals surface area contributed by atoms with E-state index in [1.54, 1.807) is 0 Å². The standard InChI is InChI=1S/C13H25NO2/c1-15-12-6-3-5-11(9-12)14-10-13(16-2)7-4-8-13/h11-12,14H,3-10H2,1-2H3. The molecule has 2 rings (SSSR count). The average Bonchev–Trinajstić information content (AvgIpc) is 2.29. The summed E-state index contributed by atoms with van der Waals surface area (Å²) >= 11 is 0. The van der Waals surface area contributed by atoms with Crippen molar-refractivity contribution < 1.29 is 9.47 Å². The first-order valence-corrected chi connectivity index (χ1v) is 6.59. The Labute approximate surface area is 98.9 Å². The Morgan fingerprint density at radius 1 is 1.19 bits per heavy atom. The minimum absolute atomic E-state index is 0.153. The molecule has 2 atom stereocenters. The number of methoxy groups -OCH3 is 2. The van der Waals surface area contributed by atoms with Crippen LogP contribution in [0.1, 0.15) is 44.9 Å². The van der Waals surface area contributed by atoms with Crippen LogP contribution in [0.15, 0.2) is 0 Å². The third kappa shape index (κ3) is 2.76. The molecule has 94 valence electrons. The second kappa shape index (κ2) is 5.48. The van der Waals surface area contributed by atoms with E-state index in [0.29, 0.717) is 12.1 Å². The van der Waals surface area contributed by atoms with Crippen LogP contribution in [0.4, 0.5) is 0 Å². The minimum Gasteiger partial charge on any atom is -0.381 e. The molecular weight excluding hydrogens is 202 g/mol. The van der Waals surface area contributed by atoms with Crippen molar-refractivity contribution in [3.63, 3.8) is 0 Å². The number of nitrogens with one attached hydrogen (secondary N) is 1. The normalized spacial score (nSPS) is 33.4. The number of ether oxygens (including phenoxy) is 2. The summed E-state index contributed by atoms with van der Waals surface area (Å²) in [5, 5.41) is 3.67. The van der Waals surface area contributed by atoms with Gasteiger partial charge in [-0.15, -0.1) is 0 Å². The smallest absolute Gasteiger partial charge is 0.0802 e. The fourth-order valence-corrected chi connectivity index (χ4v) is 2.90. The Balaban J connectivity index is 1.72. The van der Waals surface area contributed by atoms with E-state index in [9.17, 15) is 0 Å². The lowest BCUT2D eigenvalue weighted by atomic mass is 9.79. The topological polar surface area (TPSA) is 30.5 Å². The summed E-state index contributed by atoms with van der Waals surface area (Å²) in [6, 6.07) is 0.631. The van der Waals surface area contributed by atoms with Gasteiger partial charge in [-0.2, -0.15) is 0 Å². The zero-order valence-corrected chi connectivity index (χ0v) is 10.6. The van der Waals surface area contributed by atoms with Crippen molar-refractivity contribution in [2.24, 2.45) is 0 Å². The third-order valence-electron chi connectivity index (χ3n) is 4.37. The van der Waals surface area contributed by atoms with Crippen LogP contribution in [-0.2, 0) is 9.47 Å². The Morgan fingerprint density at radius 2 is 2.00 bits per heavy atom. The second-order valence-electron chi connectivity index (χ2n) is 5.34. The lowest BCUT2D eigenvalue weighted by Crippen LogP contribution is -2.51. The van der Waals surface area contributed by atoms with Crippen LogP contribution >= 0.6 is 0 Å². The lowest BCUT2D eigenvalue weighted by molar-refractivity contribution is -0.0725. The van der Waals surface area contributed by atoms with E-state index in [0.717, 1.165) is 13.0 Å². The van der Waals surface area contributed by atoms with E-state index in [2.05, 4.69) is 5.32 Å². The molecule has 2 aliphatic carbocycles. The highest BCUT2D eigenvalue weighted by Gasteiger charge is 2.37. The average molecular weight is 227 g/mol. The molecule has 0 amide bonds. The number of hydrogen-bond acceptors (Lipinski definition) is 3. The molecule has 1 N–H and O–H groups in total. The van der Waals surface area contributed by atoms with Gasteiger partial charge in [0.2, 0.25) is 0 Å². The highest BCUT2D eigenvalue weighted by molar-refractivity contribution is 4.93. The van der Waals surface area contributed by atoms with Crippen LogP contribution in [-0.4, -0.2) is 38.5 Å². The molecule has 0 aliphatic heterocycles. The Kier molecular flexibility index (Phi) is 4.22. The van der Waals surface area contributed by atoms with Crippen molar-refractivity contribution in [1.29, 1.82) is 0 Å². The molecule has 2 fully saturated rings. The van der Waals surface area contributed by atoms with Gasteiger partial charge in [0.25, 0.3) is 0 Å². The molecule has 2 aliphatic rings. The summed E-state index contributed by atoms with van der Waals surface area (Å²) in [7, 11) is 3.68. The van der Waals surface area contributed by atoms with Crippen molar-refractivity contribution in [2.75, 3.05) is 20.8 Å². The van der Waals surface area contributed by atoms with Crippen molar-refractivity contribution in [3.05, 3.63) is 0 Å². The van der Waals surface area contributed by atoms with Gasteiger partial charge in [0.15, 0.2) is 0 Å². The molecule has 2 unspecified atom stereocenters. The summed E-state index contributed by atoms with van der Waals surface area (Å²) in [5.41, 5.74) is 0.153. The Hall–Kier alpha value is -0.120. The number of hydrogen-bond donors (Lipinski definition) is 1. The van der Waals surface area contributed by atoms with Crippen LogP contribution in [0, 0.1) is 0 Å². The van der Waals surface area contributed by atoms with Crippen LogP contribution < -0.4 is 5.32 Å². The fourth-order valence-electron chi connectivity index (χ4n) is 2.90. The molecule has 3 nitrogen and oxygen atoms in total. The Bertz CT molecular complexity index is 210. The molecule has 3 heteroatoms. The van der Waals surface area contributed by atoms with E-state index in [1.807, 2.05) is 14.2 Å². The predicted octanol–water partition coefficient (Wildman–Crippen LogP) is 2.10. The van der Waals surface area contributed by atoms with Gasteiger partial charge < -0.3 is 14.8 Å². The monoisotopic (exact) mass is 227 g/mol. The van der Waals surface area contributed by atoms with Gasteiger partial charge in [0.1, 0.15) is 0 Å². The SMILES string of the molecule is COC1CCCC(NCC2(OC)CCC2)C1. The van der Waals surface area contributed by atoms with E-state index in [4.69, 9.17) is 9.47 Å². The van der Waals surface area contributed by atoms with Gasteiger partial charge >= 0.3 is 0 Å². The fraction of sp³-hybridized carbons (Fsp3) is 1.00. The van der Waals surface area contributed by atoms with Crippen LogP contribution in [0.25, 0.3) is 0 Å². The molecule has 0 aromatic rings. The maximum atomic E-state index is 5.62. The van der Waals surface area contributed by atoms with Crippen molar-refractivity contribution >= 4 is 0 Å². The molecule has 2 saturated carbocycles. The third-order valence-corrected chi connectivity index (χ3v) is 4.37. The molecule has 0 aromatic heterocycles.